The zero-order valence-corrected chi connectivity index (χ0v) is 13.2. The van der Waals surface area contributed by atoms with Crippen LogP contribution in [0.4, 0.5) is 5.69 Å². The highest BCUT2D eigenvalue weighted by atomic mass is 16.5. The zero-order valence-electron chi connectivity index (χ0n) is 13.2. The normalized spacial score (nSPS) is 10.5. The molecule has 0 aromatic carbocycles. The highest BCUT2D eigenvalue weighted by Crippen LogP contribution is 2.19. The van der Waals surface area contributed by atoms with Gasteiger partial charge in [0, 0.05) is 13.6 Å². The van der Waals surface area contributed by atoms with Crippen LogP contribution in [-0.4, -0.2) is 46.3 Å². The number of nitrogens with zero attached hydrogens (tertiary/aromatic N) is 3. The number of nitrogens with two attached hydrogens (primary N) is 1. The van der Waals surface area contributed by atoms with Crippen LogP contribution in [0.1, 0.15) is 43.4 Å². The summed E-state index contributed by atoms with van der Waals surface area (Å²) in [6.45, 7) is 6.28. The maximum atomic E-state index is 12.6. The molecule has 1 aromatic heterocycles. The van der Waals surface area contributed by atoms with E-state index in [4.69, 9.17) is 10.5 Å². The Kier molecular flexibility index (Phi) is 6.20. The van der Waals surface area contributed by atoms with E-state index >= 15 is 0 Å². The van der Waals surface area contributed by atoms with Gasteiger partial charge in [0.2, 0.25) is 0 Å². The maximum absolute atomic E-state index is 12.6. The highest BCUT2D eigenvalue weighted by Gasteiger charge is 2.25. The molecule has 21 heavy (non-hydrogen) atoms. The molecule has 118 valence electrons. The Morgan fingerprint density at radius 1 is 1.33 bits per heavy atom. The first-order valence-corrected chi connectivity index (χ1v) is 7.22. The van der Waals surface area contributed by atoms with Gasteiger partial charge in [-0.15, -0.1) is 0 Å². The molecule has 7 heteroatoms. The van der Waals surface area contributed by atoms with Gasteiger partial charge in [-0.3, -0.25) is 14.3 Å². The predicted octanol–water partition coefficient (Wildman–Crippen LogP) is 0.980. The molecule has 1 rings (SSSR count). The quantitative estimate of drug-likeness (QED) is 0.757. The molecule has 1 heterocycles. The number of aryl methyl sites for hydroxylation is 2. The summed E-state index contributed by atoms with van der Waals surface area (Å²) in [5.74, 6) is -0.715. The fraction of sp³-hybridized carbons (Fsp3) is 0.643. The van der Waals surface area contributed by atoms with Crippen LogP contribution in [0.15, 0.2) is 0 Å². The van der Waals surface area contributed by atoms with Gasteiger partial charge in [-0.05, 0) is 19.8 Å². The van der Waals surface area contributed by atoms with Crippen molar-refractivity contribution in [1.82, 2.24) is 14.7 Å². The number of nitrogen functional groups attached to an aromatic ring is 1. The van der Waals surface area contributed by atoms with Gasteiger partial charge in [0.25, 0.3) is 5.91 Å². The van der Waals surface area contributed by atoms with Gasteiger partial charge in [-0.2, -0.15) is 5.10 Å². The molecule has 0 saturated carbocycles. The Bertz CT molecular complexity index is 511. The summed E-state index contributed by atoms with van der Waals surface area (Å²) < 4.78 is 6.38. The number of esters is 1. The van der Waals surface area contributed by atoms with E-state index in [9.17, 15) is 9.59 Å². The Labute approximate surface area is 125 Å². The molecule has 0 aliphatic carbocycles. The van der Waals surface area contributed by atoms with Gasteiger partial charge < -0.3 is 15.4 Å². The molecule has 0 aliphatic heterocycles. The topological polar surface area (TPSA) is 90.4 Å². The maximum Gasteiger partial charge on any atom is 0.325 e. The Hall–Kier alpha value is -2.05. The number of carbonyl (C=O) groups excluding carboxylic acids is 2. The van der Waals surface area contributed by atoms with E-state index in [1.165, 1.54) is 9.58 Å². The third-order valence-corrected chi connectivity index (χ3v) is 3.10. The number of anilines is 1. The lowest BCUT2D eigenvalue weighted by Gasteiger charge is -2.21. The summed E-state index contributed by atoms with van der Waals surface area (Å²) in [5.41, 5.74) is 7.39. The fourth-order valence-corrected chi connectivity index (χ4v) is 2.15. The summed E-state index contributed by atoms with van der Waals surface area (Å²) in [5, 5.41) is 4.24. The van der Waals surface area contributed by atoms with Gasteiger partial charge in [0.15, 0.2) is 0 Å². The van der Waals surface area contributed by atoms with Crippen LogP contribution >= 0.6 is 0 Å². The summed E-state index contributed by atoms with van der Waals surface area (Å²) in [6, 6.07) is 0. The van der Waals surface area contributed by atoms with Gasteiger partial charge in [0.05, 0.1) is 18.0 Å². The van der Waals surface area contributed by atoms with Crippen LogP contribution in [0.2, 0.25) is 0 Å². The first-order valence-electron chi connectivity index (χ1n) is 7.22. The molecule has 0 spiro atoms. The van der Waals surface area contributed by atoms with E-state index < -0.39 is 5.97 Å². The lowest BCUT2D eigenvalue weighted by molar-refractivity contribution is -0.143. The van der Waals surface area contributed by atoms with Crippen molar-refractivity contribution in [3.05, 3.63) is 11.4 Å². The average Bonchev–Trinajstić information content (AvgIpc) is 2.72. The number of carbonyl (C=O) groups is 2. The van der Waals surface area contributed by atoms with Gasteiger partial charge in [-0.25, -0.2) is 0 Å². The molecule has 0 bridgehead atoms. The van der Waals surface area contributed by atoms with Crippen LogP contribution in [0.25, 0.3) is 0 Å². The number of amides is 1. The average molecular weight is 296 g/mol. The second kappa shape index (κ2) is 7.66. The Balaban J connectivity index is 3.00. The summed E-state index contributed by atoms with van der Waals surface area (Å²) in [6.07, 6.45) is 1.39. The molecule has 0 aliphatic rings. The lowest BCUT2D eigenvalue weighted by atomic mass is 10.2. The minimum Gasteiger partial charge on any atom is -0.465 e. The molecule has 0 fully saturated rings. The molecule has 1 aromatic rings. The predicted molar refractivity (Wildman–Crippen MR) is 79.8 cm³/mol. The molecular formula is C14H24N4O3. The molecule has 7 nitrogen and oxygen atoms in total. The first-order chi connectivity index (χ1) is 9.96. The number of rotatable bonds is 7. The van der Waals surface area contributed by atoms with Crippen molar-refractivity contribution in [3.63, 3.8) is 0 Å². The minimum atomic E-state index is -0.421. The Morgan fingerprint density at radius 3 is 2.48 bits per heavy atom. The number of ether oxygens (including phenoxy) is 1. The van der Waals surface area contributed by atoms with Crippen molar-refractivity contribution < 1.29 is 14.3 Å². The Morgan fingerprint density at radius 2 is 2.00 bits per heavy atom. The second-order valence-electron chi connectivity index (χ2n) is 4.72. The summed E-state index contributed by atoms with van der Waals surface area (Å²) in [4.78, 5) is 25.7. The fourth-order valence-electron chi connectivity index (χ4n) is 2.15. The zero-order chi connectivity index (χ0) is 16.0. The summed E-state index contributed by atoms with van der Waals surface area (Å²) in [7, 11) is 1.68. The molecule has 0 atom stereocenters. The third-order valence-electron chi connectivity index (χ3n) is 3.10. The van der Waals surface area contributed by atoms with Crippen LogP contribution in [-0.2, 0) is 23.0 Å². The van der Waals surface area contributed by atoms with Crippen LogP contribution < -0.4 is 5.73 Å². The smallest absolute Gasteiger partial charge is 0.325 e. The summed E-state index contributed by atoms with van der Waals surface area (Å²) >= 11 is 0. The van der Waals surface area contributed by atoms with Gasteiger partial charge >= 0.3 is 5.97 Å². The van der Waals surface area contributed by atoms with E-state index in [1.54, 1.807) is 14.0 Å². The second-order valence-corrected chi connectivity index (χ2v) is 4.72. The molecule has 0 saturated heterocycles. The highest BCUT2D eigenvalue weighted by molar-refractivity contribution is 5.99. The van der Waals surface area contributed by atoms with E-state index in [-0.39, 0.29) is 12.5 Å². The van der Waals surface area contributed by atoms with Crippen molar-refractivity contribution in [1.29, 1.82) is 0 Å². The number of hydrogen-bond donors (Lipinski definition) is 1. The van der Waals surface area contributed by atoms with Gasteiger partial charge in [0.1, 0.15) is 12.2 Å². The van der Waals surface area contributed by atoms with Crippen molar-refractivity contribution in [2.75, 3.05) is 25.4 Å². The molecule has 0 unspecified atom stereocenters. The molecule has 0 radical (unpaired) electrons. The molecule has 1 amide bonds. The molecule has 2 N–H and O–H groups in total. The monoisotopic (exact) mass is 296 g/mol. The van der Waals surface area contributed by atoms with E-state index in [0.717, 1.165) is 6.42 Å². The first kappa shape index (κ1) is 17.0. The SMILES string of the molecule is CCCN(CC(=O)OCC)C(=O)c1c(N)c(CC)nn1C. The molecular weight excluding hydrogens is 272 g/mol. The van der Waals surface area contributed by atoms with E-state index in [0.29, 0.717) is 36.6 Å². The number of aromatic nitrogens is 2. The van der Waals surface area contributed by atoms with Crippen LogP contribution in [0, 0.1) is 0 Å². The van der Waals surface area contributed by atoms with Gasteiger partial charge in [-0.1, -0.05) is 13.8 Å². The third kappa shape index (κ3) is 3.96. The van der Waals surface area contributed by atoms with E-state index in [1.807, 2.05) is 13.8 Å². The van der Waals surface area contributed by atoms with Crippen LogP contribution in [0.5, 0.6) is 0 Å². The van der Waals surface area contributed by atoms with Crippen molar-refractivity contribution >= 4 is 17.6 Å². The van der Waals surface area contributed by atoms with Crippen molar-refractivity contribution in [2.24, 2.45) is 7.05 Å². The van der Waals surface area contributed by atoms with Crippen LogP contribution in [0.3, 0.4) is 0 Å². The van der Waals surface area contributed by atoms with Crippen molar-refractivity contribution in [3.8, 4) is 0 Å². The van der Waals surface area contributed by atoms with E-state index in [2.05, 4.69) is 5.10 Å². The van der Waals surface area contributed by atoms with Crippen molar-refractivity contribution in [2.45, 2.75) is 33.6 Å². The minimum absolute atomic E-state index is 0.0768. The number of hydrogen-bond acceptors (Lipinski definition) is 5. The standard InChI is InChI=1S/C14H24N4O3/c1-5-8-18(9-11(19)21-7-3)14(20)13-12(15)10(6-2)16-17(13)4/h5-9,15H2,1-4H3. The lowest BCUT2D eigenvalue weighted by Crippen LogP contribution is -2.38. The largest absolute Gasteiger partial charge is 0.465 e.